The molecule has 0 aliphatic carbocycles. The SMILES string of the molecule is O=C(Nc1cc(F)cc(C(=O)c2cc3ccc(C4COCCN4)nc3cn2)c1F)c1ccc(F)c(F)c1. The molecule has 1 saturated heterocycles. The first-order valence-electron chi connectivity index (χ1n) is 11.2. The maximum atomic E-state index is 15.2. The first-order valence-corrected chi connectivity index (χ1v) is 11.2. The number of hydrogen-bond donors (Lipinski definition) is 2. The minimum Gasteiger partial charge on any atom is -0.378 e. The van der Waals surface area contributed by atoms with E-state index in [4.69, 9.17) is 4.74 Å². The van der Waals surface area contributed by atoms with Gasteiger partial charge in [0.15, 0.2) is 17.5 Å². The van der Waals surface area contributed by atoms with Crippen LogP contribution in [0.15, 0.2) is 54.7 Å². The van der Waals surface area contributed by atoms with Crippen LogP contribution >= 0.6 is 0 Å². The Bertz CT molecular complexity index is 1540. The minimum atomic E-state index is -1.28. The monoisotopic (exact) mass is 510 g/mol. The van der Waals surface area contributed by atoms with E-state index in [1.807, 2.05) is 0 Å². The summed E-state index contributed by atoms with van der Waals surface area (Å²) in [6.45, 7) is 1.78. The molecule has 7 nitrogen and oxygen atoms in total. The average Bonchev–Trinajstić information content (AvgIpc) is 2.91. The number of carbonyl (C=O) groups excluding carboxylic acids is 2. The fourth-order valence-electron chi connectivity index (χ4n) is 3.93. The van der Waals surface area contributed by atoms with Crippen molar-refractivity contribution in [2.45, 2.75) is 6.04 Å². The number of nitrogens with zero attached hydrogens (tertiary/aromatic N) is 2. The van der Waals surface area contributed by atoms with Crippen molar-refractivity contribution in [2.75, 3.05) is 25.1 Å². The van der Waals surface area contributed by atoms with Crippen molar-refractivity contribution in [1.29, 1.82) is 0 Å². The number of morpholine rings is 1. The molecule has 1 unspecified atom stereocenters. The van der Waals surface area contributed by atoms with Gasteiger partial charge in [0.25, 0.3) is 5.91 Å². The standard InChI is InChI=1S/C26H18F4N4O3/c27-15-9-16(24(30)20(10-15)34-26(36)14-1-3-17(28)18(29)7-14)25(35)21-8-13-2-4-19(33-22(13)11-32-21)23-12-37-6-5-31-23/h1-4,7-11,23,31H,5-6,12H2,(H,34,36). The van der Waals surface area contributed by atoms with Crippen molar-refractivity contribution >= 4 is 28.3 Å². The Morgan fingerprint density at radius 1 is 1.00 bits per heavy atom. The molecule has 1 atom stereocenters. The zero-order valence-electron chi connectivity index (χ0n) is 19.0. The largest absolute Gasteiger partial charge is 0.378 e. The van der Waals surface area contributed by atoms with Crippen molar-refractivity contribution in [2.24, 2.45) is 0 Å². The van der Waals surface area contributed by atoms with Crippen LogP contribution in [0, 0.1) is 23.3 Å². The molecular formula is C26H18F4N4O3. The lowest BCUT2D eigenvalue weighted by Crippen LogP contribution is -2.35. The number of benzene rings is 2. The van der Waals surface area contributed by atoms with Gasteiger partial charge in [-0.25, -0.2) is 22.5 Å². The highest BCUT2D eigenvalue weighted by Gasteiger charge is 2.23. The summed E-state index contributed by atoms with van der Waals surface area (Å²) in [5, 5.41) is 5.94. The lowest BCUT2D eigenvalue weighted by Gasteiger charge is -2.23. The van der Waals surface area contributed by atoms with Crippen molar-refractivity contribution in [1.82, 2.24) is 15.3 Å². The molecule has 11 heteroatoms. The lowest BCUT2D eigenvalue weighted by molar-refractivity contribution is 0.0757. The number of nitrogens with one attached hydrogen (secondary N) is 2. The van der Waals surface area contributed by atoms with Crippen LogP contribution in [-0.4, -0.2) is 41.4 Å². The molecule has 1 fully saturated rings. The normalized spacial score (nSPS) is 15.5. The highest BCUT2D eigenvalue weighted by atomic mass is 19.2. The number of rotatable bonds is 5. The van der Waals surface area contributed by atoms with E-state index in [2.05, 4.69) is 20.6 Å². The topological polar surface area (TPSA) is 93.2 Å². The Morgan fingerprint density at radius 3 is 2.59 bits per heavy atom. The molecule has 0 spiro atoms. The molecule has 4 aromatic rings. The Hall–Kier alpha value is -4.22. The number of hydrogen-bond acceptors (Lipinski definition) is 6. The number of ketones is 1. The quantitative estimate of drug-likeness (QED) is 0.307. The molecule has 188 valence electrons. The number of anilines is 1. The van der Waals surface area contributed by atoms with Gasteiger partial charge in [-0.15, -0.1) is 0 Å². The molecule has 37 heavy (non-hydrogen) atoms. The Kier molecular flexibility index (Phi) is 6.64. The molecule has 1 aliphatic heterocycles. The fraction of sp³-hybridized carbons (Fsp3) is 0.154. The number of pyridine rings is 2. The van der Waals surface area contributed by atoms with E-state index in [9.17, 15) is 22.8 Å². The number of amides is 1. The summed E-state index contributed by atoms with van der Waals surface area (Å²) < 4.78 is 61.5. The van der Waals surface area contributed by atoms with Crippen molar-refractivity contribution in [3.05, 3.63) is 101 Å². The summed E-state index contributed by atoms with van der Waals surface area (Å²) in [6, 6.07) is 8.52. The van der Waals surface area contributed by atoms with Crippen molar-refractivity contribution in [3.63, 3.8) is 0 Å². The molecule has 2 aromatic carbocycles. The zero-order chi connectivity index (χ0) is 26.1. The lowest BCUT2D eigenvalue weighted by atomic mass is 10.0. The summed E-state index contributed by atoms with van der Waals surface area (Å²) in [5.74, 6) is -6.61. The van der Waals surface area contributed by atoms with E-state index in [0.29, 0.717) is 48.9 Å². The zero-order valence-corrected chi connectivity index (χ0v) is 19.0. The third-order valence-electron chi connectivity index (χ3n) is 5.82. The molecule has 3 heterocycles. The van der Waals surface area contributed by atoms with E-state index >= 15 is 4.39 Å². The molecule has 1 amide bonds. The molecule has 2 N–H and O–H groups in total. The van der Waals surface area contributed by atoms with E-state index in [0.717, 1.165) is 17.8 Å². The Balaban J connectivity index is 1.42. The Morgan fingerprint density at radius 2 is 1.84 bits per heavy atom. The van der Waals surface area contributed by atoms with Gasteiger partial charge in [-0.05, 0) is 36.4 Å². The van der Waals surface area contributed by atoms with Gasteiger partial charge in [-0.1, -0.05) is 6.07 Å². The minimum absolute atomic E-state index is 0.0825. The highest BCUT2D eigenvalue weighted by molar-refractivity contribution is 6.10. The second-order valence-corrected chi connectivity index (χ2v) is 8.31. The van der Waals surface area contributed by atoms with Crippen LogP contribution in [0.3, 0.4) is 0 Å². The van der Waals surface area contributed by atoms with Crippen LogP contribution in [0.2, 0.25) is 0 Å². The summed E-state index contributed by atoms with van der Waals surface area (Å²) in [6.07, 6.45) is 1.36. The second-order valence-electron chi connectivity index (χ2n) is 8.31. The van der Waals surface area contributed by atoms with Gasteiger partial charge in [-0.3, -0.25) is 14.6 Å². The molecule has 0 radical (unpaired) electrons. The first kappa shape index (κ1) is 24.5. The van der Waals surface area contributed by atoms with Gasteiger partial charge in [0.1, 0.15) is 11.5 Å². The van der Waals surface area contributed by atoms with E-state index in [1.54, 1.807) is 12.1 Å². The Labute approximate surface area is 207 Å². The molecule has 0 bridgehead atoms. The summed E-state index contributed by atoms with van der Waals surface area (Å²) in [5.41, 5.74) is -0.559. The van der Waals surface area contributed by atoms with Gasteiger partial charge in [0, 0.05) is 23.6 Å². The summed E-state index contributed by atoms with van der Waals surface area (Å²) in [7, 11) is 0. The van der Waals surface area contributed by atoms with Crippen molar-refractivity contribution < 1.29 is 31.9 Å². The van der Waals surface area contributed by atoms with Gasteiger partial charge in [0.2, 0.25) is 5.78 Å². The van der Waals surface area contributed by atoms with Gasteiger partial charge < -0.3 is 15.4 Å². The molecule has 2 aromatic heterocycles. The predicted octanol–water partition coefficient (Wildman–Crippen LogP) is 4.33. The van der Waals surface area contributed by atoms with Crippen LogP contribution in [-0.2, 0) is 4.74 Å². The van der Waals surface area contributed by atoms with Crippen LogP contribution < -0.4 is 10.6 Å². The van der Waals surface area contributed by atoms with Crippen molar-refractivity contribution in [3.8, 4) is 0 Å². The number of fused-ring (bicyclic) bond motifs is 1. The number of ether oxygens (including phenoxy) is 1. The molecule has 5 rings (SSSR count). The predicted molar refractivity (Wildman–Crippen MR) is 125 cm³/mol. The van der Waals surface area contributed by atoms with Gasteiger partial charge in [-0.2, -0.15) is 0 Å². The van der Waals surface area contributed by atoms with E-state index in [1.165, 1.54) is 12.3 Å². The third kappa shape index (κ3) is 5.04. The van der Waals surface area contributed by atoms with Gasteiger partial charge >= 0.3 is 0 Å². The van der Waals surface area contributed by atoms with E-state index in [-0.39, 0.29) is 17.3 Å². The molecule has 0 saturated carbocycles. The maximum absolute atomic E-state index is 15.2. The maximum Gasteiger partial charge on any atom is 0.255 e. The fourth-order valence-corrected chi connectivity index (χ4v) is 3.93. The average molecular weight is 510 g/mol. The van der Waals surface area contributed by atoms with Crippen LogP contribution in [0.1, 0.15) is 38.1 Å². The molecular weight excluding hydrogens is 492 g/mol. The number of aromatic nitrogens is 2. The third-order valence-corrected chi connectivity index (χ3v) is 5.82. The molecule has 1 aliphatic rings. The van der Waals surface area contributed by atoms with Crippen LogP contribution in [0.25, 0.3) is 10.9 Å². The summed E-state index contributed by atoms with van der Waals surface area (Å²) in [4.78, 5) is 34.0. The van der Waals surface area contributed by atoms with E-state index < -0.39 is 46.2 Å². The van der Waals surface area contributed by atoms with Crippen LogP contribution in [0.4, 0.5) is 23.2 Å². The first-order chi connectivity index (χ1) is 17.8. The smallest absolute Gasteiger partial charge is 0.255 e. The van der Waals surface area contributed by atoms with Crippen LogP contribution in [0.5, 0.6) is 0 Å². The number of halogens is 4. The number of carbonyl (C=O) groups is 2. The summed E-state index contributed by atoms with van der Waals surface area (Å²) >= 11 is 0. The van der Waals surface area contributed by atoms with Gasteiger partial charge in [0.05, 0.1) is 47.9 Å². The second kappa shape index (κ2) is 10.0. The highest BCUT2D eigenvalue weighted by Crippen LogP contribution is 2.25.